The first-order valence-electron chi connectivity index (χ1n) is 9.98. The number of benzene rings is 3. The first-order valence-corrected chi connectivity index (χ1v) is 9.98. The summed E-state index contributed by atoms with van der Waals surface area (Å²) in [6.07, 6.45) is 0. The quantitative estimate of drug-likeness (QED) is 0.470. The van der Waals surface area contributed by atoms with Crippen molar-refractivity contribution in [3.05, 3.63) is 93.4 Å². The molecule has 0 bridgehead atoms. The third kappa shape index (κ3) is 4.35. The number of ether oxygens (including phenoxy) is 2. The third-order valence-corrected chi connectivity index (χ3v) is 5.08. The maximum Gasteiger partial charge on any atom is 0.368 e. The van der Waals surface area contributed by atoms with E-state index in [1.807, 2.05) is 81.4 Å². The number of aromatic nitrogens is 4. The van der Waals surface area contributed by atoms with Crippen molar-refractivity contribution < 1.29 is 9.47 Å². The number of hydrogen-bond donors (Lipinski definition) is 0. The van der Waals surface area contributed by atoms with Crippen LogP contribution in [0.1, 0.15) is 22.3 Å². The van der Waals surface area contributed by atoms with E-state index in [4.69, 9.17) is 9.47 Å². The molecule has 0 amide bonds. The van der Waals surface area contributed by atoms with Crippen LogP contribution in [0.25, 0.3) is 5.69 Å². The van der Waals surface area contributed by atoms with Gasteiger partial charge in [0, 0.05) is 12.6 Å². The number of nitrogens with zero attached hydrogens (tertiary/aromatic N) is 4. The van der Waals surface area contributed by atoms with Gasteiger partial charge < -0.3 is 9.47 Å². The minimum absolute atomic E-state index is 0.296. The highest BCUT2D eigenvalue weighted by Crippen LogP contribution is 2.29. The molecule has 158 valence electrons. The molecule has 0 unspecified atom stereocenters. The summed E-state index contributed by atoms with van der Waals surface area (Å²) < 4.78 is 14.6. The van der Waals surface area contributed by atoms with E-state index in [0.717, 1.165) is 39.5 Å². The molecule has 0 fully saturated rings. The zero-order valence-corrected chi connectivity index (χ0v) is 18.0. The van der Waals surface area contributed by atoms with Crippen molar-refractivity contribution in [2.45, 2.75) is 27.4 Å². The SMILES string of the molecule is Cc1cccc(Oc2ccc(OCc3c(C)cccc3-n3nnn(C)c3=O)c(C)c2)c1. The summed E-state index contributed by atoms with van der Waals surface area (Å²) >= 11 is 0. The molecule has 0 atom stereocenters. The van der Waals surface area contributed by atoms with Crippen molar-refractivity contribution in [3.63, 3.8) is 0 Å². The molecule has 7 heteroatoms. The molecular weight excluding hydrogens is 392 g/mol. The second-order valence-electron chi connectivity index (χ2n) is 7.50. The topological polar surface area (TPSA) is 71.2 Å². The van der Waals surface area contributed by atoms with E-state index in [2.05, 4.69) is 10.4 Å². The summed E-state index contributed by atoms with van der Waals surface area (Å²) in [7, 11) is 1.57. The molecule has 0 saturated carbocycles. The molecule has 0 aliphatic rings. The van der Waals surface area contributed by atoms with Gasteiger partial charge in [-0.05, 0) is 84.3 Å². The Balaban J connectivity index is 1.55. The molecule has 3 aromatic carbocycles. The number of hydrogen-bond acceptors (Lipinski definition) is 5. The van der Waals surface area contributed by atoms with Crippen LogP contribution in [0.3, 0.4) is 0 Å². The van der Waals surface area contributed by atoms with Gasteiger partial charge in [-0.25, -0.2) is 4.79 Å². The lowest BCUT2D eigenvalue weighted by atomic mass is 10.1. The zero-order valence-electron chi connectivity index (χ0n) is 18.0. The van der Waals surface area contributed by atoms with Crippen LogP contribution in [-0.2, 0) is 13.7 Å². The molecule has 4 rings (SSSR count). The van der Waals surface area contributed by atoms with Gasteiger partial charge in [0.15, 0.2) is 0 Å². The van der Waals surface area contributed by atoms with E-state index >= 15 is 0 Å². The van der Waals surface area contributed by atoms with Crippen LogP contribution in [0.4, 0.5) is 0 Å². The average Bonchev–Trinajstić information content (AvgIpc) is 3.06. The molecule has 31 heavy (non-hydrogen) atoms. The molecule has 1 aromatic heterocycles. The molecule has 0 saturated heterocycles. The highest BCUT2D eigenvalue weighted by Gasteiger charge is 2.14. The number of rotatable bonds is 6. The predicted molar refractivity (Wildman–Crippen MR) is 118 cm³/mol. The number of aryl methyl sites for hydroxylation is 4. The zero-order chi connectivity index (χ0) is 22.0. The normalized spacial score (nSPS) is 10.8. The third-order valence-electron chi connectivity index (χ3n) is 5.08. The fraction of sp³-hybridized carbons (Fsp3) is 0.208. The Labute approximate surface area is 180 Å². The van der Waals surface area contributed by atoms with Crippen LogP contribution in [0.2, 0.25) is 0 Å². The van der Waals surface area contributed by atoms with Gasteiger partial charge >= 0.3 is 5.69 Å². The predicted octanol–water partition coefficient (Wildman–Crippen LogP) is 4.26. The van der Waals surface area contributed by atoms with Gasteiger partial charge in [-0.3, -0.25) is 0 Å². The Morgan fingerprint density at radius 3 is 2.35 bits per heavy atom. The second kappa shape index (κ2) is 8.47. The fourth-order valence-electron chi connectivity index (χ4n) is 3.35. The van der Waals surface area contributed by atoms with Crippen molar-refractivity contribution >= 4 is 0 Å². The fourth-order valence-corrected chi connectivity index (χ4v) is 3.35. The van der Waals surface area contributed by atoms with Crippen LogP contribution in [0.5, 0.6) is 17.2 Å². The van der Waals surface area contributed by atoms with E-state index in [0.29, 0.717) is 12.3 Å². The Hall–Kier alpha value is -3.87. The Bertz CT molecular complexity index is 1290. The van der Waals surface area contributed by atoms with Crippen LogP contribution in [-0.4, -0.2) is 19.8 Å². The van der Waals surface area contributed by atoms with Crippen LogP contribution < -0.4 is 15.2 Å². The molecule has 4 aromatic rings. The van der Waals surface area contributed by atoms with Crippen LogP contribution >= 0.6 is 0 Å². The van der Waals surface area contributed by atoms with Crippen molar-refractivity contribution in [3.8, 4) is 22.9 Å². The molecule has 0 aliphatic carbocycles. The lowest BCUT2D eigenvalue weighted by molar-refractivity contribution is 0.302. The highest BCUT2D eigenvalue weighted by molar-refractivity contribution is 5.46. The summed E-state index contributed by atoms with van der Waals surface area (Å²) in [5.74, 6) is 2.29. The summed E-state index contributed by atoms with van der Waals surface area (Å²) in [5, 5.41) is 7.77. The Morgan fingerprint density at radius 2 is 1.65 bits per heavy atom. The van der Waals surface area contributed by atoms with Crippen molar-refractivity contribution in [2.75, 3.05) is 0 Å². The lowest BCUT2D eigenvalue weighted by Crippen LogP contribution is -2.23. The maximum atomic E-state index is 12.3. The standard InChI is InChI=1S/C24H24N4O3/c1-16-7-5-9-19(13-16)31-20-11-12-23(18(3)14-20)30-15-21-17(2)8-6-10-22(21)28-24(29)27(4)25-26-28/h5-14H,15H2,1-4H3. The van der Waals surface area contributed by atoms with Gasteiger partial charge in [0.25, 0.3) is 0 Å². The van der Waals surface area contributed by atoms with Gasteiger partial charge in [0.1, 0.15) is 23.9 Å². The summed E-state index contributed by atoms with van der Waals surface area (Å²) in [5.41, 5.74) is 4.34. The smallest absolute Gasteiger partial charge is 0.368 e. The summed E-state index contributed by atoms with van der Waals surface area (Å²) in [4.78, 5) is 12.3. The van der Waals surface area contributed by atoms with Gasteiger partial charge in [0.2, 0.25) is 0 Å². The van der Waals surface area contributed by atoms with E-state index in [1.54, 1.807) is 7.05 Å². The molecule has 0 aliphatic heterocycles. The molecule has 0 radical (unpaired) electrons. The largest absolute Gasteiger partial charge is 0.489 e. The van der Waals surface area contributed by atoms with Gasteiger partial charge in [-0.15, -0.1) is 0 Å². The second-order valence-corrected chi connectivity index (χ2v) is 7.50. The Morgan fingerprint density at radius 1 is 0.871 bits per heavy atom. The van der Waals surface area contributed by atoms with Crippen molar-refractivity contribution in [2.24, 2.45) is 7.05 Å². The highest BCUT2D eigenvalue weighted by atomic mass is 16.5. The van der Waals surface area contributed by atoms with E-state index in [-0.39, 0.29) is 5.69 Å². The van der Waals surface area contributed by atoms with Crippen molar-refractivity contribution in [1.29, 1.82) is 0 Å². The van der Waals surface area contributed by atoms with Gasteiger partial charge in [-0.2, -0.15) is 9.36 Å². The Kier molecular flexibility index (Phi) is 5.58. The van der Waals surface area contributed by atoms with Gasteiger partial charge in [0.05, 0.1) is 5.69 Å². The first kappa shape index (κ1) is 20.4. The van der Waals surface area contributed by atoms with Crippen LogP contribution in [0.15, 0.2) is 65.5 Å². The van der Waals surface area contributed by atoms with Crippen molar-refractivity contribution in [1.82, 2.24) is 19.8 Å². The molecule has 0 N–H and O–H groups in total. The molecule has 7 nitrogen and oxygen atoms in total. The van der Waals surface area contributed by atoms with E-state index in [9.17, 15) is 4.79 Å². The van der Waals surface area contributed by atoms with Crippen LogP contribution in [0, 0.1) is 20.8 Å². The minimum Gasteiger partial charge on any atom is -0.489 e. The first-order chi connectivity index (χ1) is 14.9. The molecule has 0 spiro atoms. The average molecular weight is 416 g/mol. The lowest BCUT2D eigenvalue weighted by Gasteiger charge is -2.15. The van der Waals surface area contributed by atoms with E-state index in [1.165, 1.54) is 9.36 Å². The monoisotopic (exact) mass is 416 g/mol. The summed E-state index contributed by atoms with van der Waals surface area (Å²) in [6.45, 7) is 6.29. The van der Waals surface area contributed by atoms with Gasteiger partial charge in [-0.1, -0.05) is 24.3 Å². The molecule has 1 heterocycles. The summed E-state index contributed by atoms with van der Waals surface area (Å²) in [6, 6.07) is 19.4. The minimum atomic E-state index is -0.305. The van der Waals surface area contributed by atoms with E-state index < -0.39 is 0 Å². The molecular formula is C24H24N4O3. The number of tetrazole rings is 1. The maximum absolute atomic E-state index is 12.3.